The molecule has 0 aromatic heterocycles. The van der Waals surface area contributed by atoms with Crippen LogP contribution in [0.4, 0.5) is 5.69 Å². The van der Waals surface area contributed by atoms with Crippen LogP contribution in [0.25, 0.3) is 6.08 Å². The Kier molecular flexibility index (Phi) is 7.34. The van der Waals surface area contributed by atoms with Gasteiger partial charge in [0.1, 0.15) is 6.61 Å². The van der Waals surface area contributed by atoms with Gasteiger partial charge in [-0.05, 0) is 77.5 Å². The Balaban J connectivity index is 1.47. The van der Waals surface area contributed by atoms with Crippen molar-refractivity contribution in [2.75, 3.05) is 7.11 Å². The average molecular weight is 539 g/mol. The highest BCUT2D eigenvalue weighted by Crippen LogP contribution is 2.33. The van der Waals surface area contributed by atoms with E-state index in [0.29, 0.717) is 21.6 Å². The Morgan fingerprint density at radius 2 is 1.91 bits per heavy atom. The van der Waals surface area contributed by atoms with Crippen LogP contribution in [0.1, 0.15) is 21.5 Å². The molecule has 3 aromatic carbocycles. The molecule has 9 heteroatoms. The van der Waals surface area contributed by atoms with Gasteiger partial charge >= 0.3 is 5.97 Å². The largest absolute Gasteiger partial charge is 0.493 e. The van der Waals surface area contributed by atoms with E-state index in [9.17, 15) is 9.59 Å². The molecule has 0 spiro atoms. The first-order valence-corrected chi connectivity index (χ1v) is 11.7. The third-order valence-electron chi connectivity index (χ3n) is 4.76. The molecule has 0 aliphatic carbocycles. The summed E-state index contributed by atoms with van der Waals surface area (Å²) in [5.74, 6) is -0.212. The second-order valence-electron chi connectivity index (χ2n) is 7.16. The SMILES string of the molecule is COc1cc(/C=C2\SC(=Nc3ccc(Br)cc3)NC2=O)ccc1OCc1cccc(C(=O)O)c1. The number of hydrogen-bond donors (Lipinski definition) is 2. The van der Waals surface area contributed by atoms with Crippen molar-refractivity contribution in [3.8, 4) is 11.5 Å². The molecular weight excluding hydrogens is 520 g/mol. The van der Waals surface area contributed by atoms with Crippen LogP contribution in [0, 0.1) is 0 Å². The Morgan fingerprint density at radius 3 is 2.65 bits per heavy atom. The van der Waals surface area contributed by atoms with Gasteiger partial charge in [0.2, 0.25) is 0 Å². The summed E-state index contributed by atoms with van der Waals surface area (Å²) >= 11 is 4.65. The fourth-order valence-corrected chi connectivity index (χ4v) is 4.22. The molecule has 1 aliphatic heterocycles. The topological polar surface area (TPSA) is 97.2 Å². The van der Waals surface area contributed by atoms with Crippen molar-refractivity contribution < 1.29 is 24.2 Å². The summed E-state index contributed by atoms with van der Waals surface area (Å²) in [7, 11) is 1.53. The number of rotatable bonds is 7. The molecule has 0 unspecified atom stereocenters. The van der Waals surface area contributed by atoms with Crippen molar-refractivity contribution in [3.63, 3.8) is 0 Å². The molecule has 4 rings (SSSR count). The van der Waals surface area contributed by atoms with Crippen LogP contribution in [0.5, 0.6) is 11.5 Å². The Morgan fingerprint density at radius 1 is 1.12 bits per heavy atom. The number of carboxylic acid groups (broad SMARTS) is 1. The number of carboxylic acids is 1. The predicted octanol–water partition coefficient (Wildman–Crippen LogP) is 5.63. The molecule has 3 aromatic rings. The first kappa shape index (κ1) is 23.6. The number of nitrogens with zero attached hydrogens (tertiary/aromatic N) is 1. The second-order valence-corrected chi connectivity index (χ2v) is 9.11. The van der Waals surface area contributed by atoms with Gasteiger partial charge in [-0.25, -0.2) is 9.79 Å². The van der Waals surface area contributed by atoms with Crippen LogP contribution in [0.3, 0.4) is 0 Å². The van der Waals surface area contributed by atoms with Gasteiger partial charge in [0.15, 0.2) is 16.7 Å². The zero-order chi connectivity index (χ0) is 24.1. The van der Waals surface area contributed by atoms with Crippen LogP contribution in [-0.2, 0) is 11.4 Å². The molecule has 0 saturated carbocycles. The average Bonchev–Trinajstić information content (AvgIpc) is 3.18. The lowest BCUT2D eigenvalue weighted by Crippen LogP contribution is -2.19. The van der Waals surface area contributed by atoms with Gasteiger partial charge in [-0.3, -0.25) is 4.79 Å². The second kappa shape index (κ2) is 10.6. The van der Waals surface area contributed by atoms with E-state index in [1.807, 2.05) is 30.3 Å². The van der Waals surface area contributed by atoms with Crippen molar-refractivity contribution in [1.82, 2.24) is 5.32 Å². The minimum absolute atomic E-state index is 0.187. The maximum atomic E-state index is 12.4. The molecular formula is C25H19BrN2O5S. The van der Waals surface area contributed by atoms with Crippen LogP contribution >= 0.6 is 27.7 Å². The maximum absolute atomic E-state index is 12.4. The van der Waals surface area contributed by atoms with Gasteiger partial charge in [0, 0.05) is 4.47 Å². The number of halogens is 1. The molecule has 0 radical (unpaired) electrons. The van der Waals surface area contributed by atoms with Gasteiger partial charge in [-0.1, -0.05) is 34.1 Å². The van der Waals surface area contributed by atoms with E-state index in [1.165, 1.54) is 24.9 Å². The number of ether oxygens (including phenoxy) is 2. The van der Waals surface area contributed by atoms with E-state index in [4.69, 9.17) is 14.6 Å². The van der Waals surface area contributed by atoms with Crippen LogP contribution in [0.15, 0.2) is 81.1 Å². The lowest BCUT2D eigenvalue weighted by atomic mass is 10.1. The van der Waals surface area contributed by atoms with Crippen LogP contribution in [0.2, 0.25) is 0 Å². The Bertz CT molecular complexity index is 1300. The van der Waals surface area contributed by atoms with Gasteiger partial charge in [-0.15, -0.1) is 0 Å². The molecule has 0 atom stereocenters. The van der Waals surface area contributed by atoms with Crippen molar-refractivity contribution in [2.24, 2.45) is 4.99 Å². The molecule has 2 N–H and O–H groups in total. The third kappa shape index (κ3) is 5.86. The predicted molar refractivity (Wildman–Crippen MR) is 136 cm³/mol. The maximum Gasteiger partial charge on any atom is 0.335 e. The van der Waals surface area contributed by atoms with Crippen molar-refractivity contribution in [2.45, 2.75) is 6.61 Å². The lowest BCUT2D eigenvalue weighted by Gasteiger charge is -2.12. The number of nitrogens with one attached hydrogen (secondary N) is 1. The smallest absolute Gasteiger partial charge is 0.335 e. The van der Waals surface area contributed by atoms with E-state index in [1.54, 1.807) is 36.4 Å². The highest BCUT2D eigenvalue weighted by Gasteiger charge is 2.24. The summed E-state index contributed by atoms with van der Waals surface area (Å²) in [5, 5.41) is 12.4. The van der Waals surface area contributed by atoms with E-state index in [-0.39, 0.29) is 18.1 Å². The normalized spacial score (nSPS) is 15.4. The molecule has 172 valence electrons. The van der Waals surface area contributed by atoms with E-state index >= 15 is 0 Å². The first-order chi connectivity index (χ1) is 16.4. The molecule has 34 heavy (non-hydrogen) atoms. The van der Waals surface area contributed by atoms with E-state index in [2.05, 4.69) is 26.2 Å². The van der Waals surface area contributed by atoms with Gasteiger partial charge in [-0.2, -0.15) is 0 Å². The lowest BCUT2D eigenvalue weighted by molar-refractivity contribution is -0.115. The number of thioether (sulfide) groups is 1. The summed E-state index contributed by atoms with van der Waals surface area (Å²) in [6.45, 7) is 0.187. The Labute approximate surface area is 208 Å². The number of amides is 1. The van der Waals surface area contributed by atoms with Crippen molar-refractivity contribution in [1.29, 1.82) is 0 Å². The van der Waals surface area contributed by atoms with Crippen LogP contribution in [-0.4, -0.2) is 29.3 Å². The van der Waals surface area contributed by atoms with Crippen molar-refractivity contribution >= 4 is 56.5 Å². The Hall–Kier alpha value is -3.56. The standard InChI is InChI=1S/C25H19BrN2O5S/c1-32-21-12-15(5-10-20(21)33-14-16-3-2-4-17(11-16)24(30)31)13-22-23(29)28-25(34-22)27-19-8-6-18(26)7-9-19/h2-13H,14H2,1H3,(H,30,31)(H,27,28,29)/b22-13-. The van der Waals surface area contributed by atoms with Gasteiger partial charge in [0.25, 0.3) is 5.91 Å². The minimum Gasteiger partial charge on any atom is -0.493 e. The number of carbonyl (C=O) groups excluding carboxylic acids is 1. The molecule has 7 nitrogen and oxygen atoms in total. The number of aliphatic imine (C=N–C) groups is 1. The van der Waals surface area contributed by atoms with Crippen molar-refractivity contribution in [3.05, 3.63) is 92.8 Å². The minimum atomic E-state index is -0.990. The summed E-state index contributed by atoms with van der Waals surface area (Å²) in [6, 6.07) is 19.4. The fraction of sp³-hybridized carbons (Fsp3) is 0.0800. The first-order valence-electron chi connectivity index (χ1n) is 10.1. The molecule has 0 bridgehead atoms. The molecule has 1 saturated heterocycles. The van der Waals surface area contributed by atoms with E-state index < -0.39 is 5.97 Å². The number of hydrogen-bond acceptors (Lipinski definition) is 6. The summed E-state index contributed by atoms with van der Waals surface area (Å²) in [6.07, 6.45) is 1.76. The quantitative estimate of drug-likeness (QED) is 0.378. The van der Waals surface area contributed by atoms with Gasteiger partial charge < -0.3 is 19.9 Å². The summed E-state index contributed by atoms with van der Waals surface area (Å²) in [5.41, 5.74) is 2.43. The monoisotopic (exact) mass is 538 g/mol. The third-order valence-corrected chi connectivity index (χ3v) is 6.20. The summed E-state index contributed by atoms with van der Waals surface area (Å²) < 4.78 is 12.2. The fourth-order valence-electron chi connectivity index (χ4n) is 3.11. The highest BCUT2D eigenvalue weighted by atomic mass is 79.9. The number of amidine groups is 1. The number of aromatic carboxylic acids is 1. The molecule has 1 aliphatic rings. The van der Waals surface area contributed by atoms with Gasteiger partial charge in [0.05, 0.1) is 23.3 Å². The number of benzene rings is 3. The zero-order valence-electron chi connectivity index (χ0n) is 17.9. The number of methoxy groups -OCH3 is 1. The van der Waals surface area contributed by atoms with E-state index in [0.717, 1.165) is 21.3 Å². The number of carbonyl (C=O) groups is 2. The molecule has 1 heterocycles. The molecule has 1 fully saturated rings. The molecule has 1 amide bonds. The zero-order valence-corrected chi connectivity index (χ0v) is 20.4. The highest BCUT2D eigenvalue weighted by molar-refractivity contribution is 9.10. The van der Waals surface area contributed by atoms with Crippen LogP contribution < -0.4 is 14.8 Å². The summed E-state index contributed by atoms with van der Waals surface area (Å²) in [4.78, 5) is 28.5.